The quantitative estimate of drug-likeness (QED) is 0.485. The van der Waals surface area contributed by atoms with Gasteiger partial charge in [0.1, 0.15) is 11.5 Å². The molecule has 6 nitrogen and oxygen atoms in total. The maximum atomic E-state index is 5.45. The number of aliphatic imine (C=N–C) groups is 1. The van der Waals surface area contributed by atoms with Crippen LogP contribution in [0.1, 0.15) is 37.7 Å². The van der Waals surface area contributed by atoms with Gasteiger partial charge in [0, 0.05) is 33.9 Å². The van der Waals surface area contributed by atoms with E-state index in [0.717, 1.165) is 55.6 Å². The lowest BCUT2D eigenvalue weighted by Gasteiger charge is -2.30. The minimum atomic E-state index is 0.337. The fourth-order valence-electron chi connectivity index (χ4n) is 3.84. The number of nitrogens with zero attached hydrogens (tertiary/aromatic N) is 1. The summed E-state index contributed by atoms with van der Waals surface area (Å²) in [6.07, 6.45) is 7.09. The molecular formula is C21H35N3O3. The summed E-state index contributed by atoms with van der Waals surface area (Å²) in [5, 5.41) is 6.94. The van der Waals surface area contributed by atoms with Crippen LogP contribution in [0.25, 0.3) is 0 Å². The van der Waals surface area contributed by atoms with Crippen molar-refractivity contribution in [1.82, 2.24) is 10.6 Å². The van der Waals surface area contributed by atoms with Gasteiger partial charge in [0.2, 0.25) is 0 Å². The van der Waals surface area contributed by atoms with Gasteiger partial charge in [-0.05, 0) is 54.9 Å². The first kappa shape index (κ1) is 21.4. The summed E-state index contributed by atoms with van der Waals surface area (Å²) >= 11 is 0. The lowest BCUT2D eigenvalue weighted by atomic mass is 9.83. The van der Waals surface area contributed by atoms with Crippen molar-refractivity contribution in [3.63, 3.8) is 0 Å². The van der Waals surface area contributed by atoms with Crippen LogP contribution in [0.2, 0.25) is 0 Å². The van der Waals surface area contributed by atoms with Crippen LogP contribution in [0.15, 0.2) is 23.2 Å². The lowest BCUT2D eigenvalue weighted by Crippen LogP contribution is -2.43. The van der Waals surface area contributed by atoms with Gasteiger partial charge in [-0.25, -0.2) is 0 Å². The van der Waals surface area contributed by atoms with E-state index in [1.54, 1.807) is 21.3 Å². The predicted molar refractivity (Wildman–Crippen MR) is 110 cm³/mol. The van der Waals surface area contributed by atoms with Crippen LogP contribution in [-0.4, -0.2) is 54.0 Å². The van der Waals surface area contributed by atoms with Crippen LogP contribution in [0, 0.1) is 5.41 Å². The Hall–Kier alpha value is -1.95. The van der Waals surface area contributed by atoms with Crippen molar-refractivity contribution in [3.05, 3.63) is 23.8 Å². The van der Waals surface area contributed by atoms with Crippen LogP contribution in [0.4, 0.5) is 0 Å². The van der Waals surface area contributed by atoms with Crippen LogP contribution in [0.3, 0.4) is 0 Å². The monoisotopic (exact) mass is 377 g/mol. The van der Waals surface area contributed by atoms with Crippen LogP contribution < -0.4 is 20.1 Å². The third-order valence-corrected chi connectivity index (χ3v) is 5.53. The number of rotatable bonds is 10. The van der Waals surface area contributed by atoms with Gasteiger partial charge in [-0.3, -0.25) is 4.99 Å². The molecule has 0 unspecified atom stereocenters. The summed E-state index contributed by atoms with van der Waals surface area (Å²) in [6, 6.07) is 5.88. The van der Waals surface area contributed by atoms with Crippen molar-refractivity contribution in [2.75, 3.05) is 48.1 Å². The molecule has 0 bridgehead atoms. The zero-order chi connectivity index (χ0) is 19.5. The molecule has 27 heavy (non-hydrogen) atoms. The molecule has 1 aliphatic carbocycles. The number of hydrogen-bond donors (Lipinski definition) is 2. The lowest BCUT2D eigenvalue weighted by molar-refractivity contribution is 0.138. The third-order valence-electron chi connectivity index (χ3n) is 5.53. The molecule has 0 amide bonds. The van der Waals surface area contributed by atoms with Crippen molar-refractivity contribution in [2.24, 2.45) is 10.4 Å². The van der Waals surface area contributed by atoms with Gasteiger partial charge in [0.25, 0.3) is 0 Å². The summed E-state index contributed by atoms with van der Waals surface area (Å²) < 4.78 is 16.1. The summed E-state index contributed by atoms with van der Waals surface area (Å²) in [6.45, 7) is 2.54. The zero-order valence-electron chi connectivity index (χ0n) is 17.3. The number of hydrogen-bond acceptors (Lipinski definition) is 4. The Morgan fingerprint density at radius 3 is 2.52 bits per heavy atom. The van der Waals surface area contributed by atoms with Crippen molar-refractivity contribution in [3.8, 4) is 11.5 Å². The minimum Gasteiger partial charge on any atom is -0.497 e. The van der Waals surface area contributed by atoms with E-state index in [2.05, 4.69) is 15.6 Å². The van der Waals surface area contributed by atoms with Gasteiger partial charge in [-0.1, -0.05) is 12.8 Å². The Morgan fingerprint density at radius 1 is 1.11 bits per heavy atom. The van der Waals surface area contributed by atoms with Gasteiger partial charge < -0.3 is 24.8 Å². The SMILES string of the molecule is CN=C(NCCc1cc(OC)ccc1OC)NCC1(CCOC)CCCC1. The molecule has 0 radical (unpaired) electrons. The molecule has 0 aliphatic heterocycles. The number of methoxy groups -OCH3 is 3. The van der Waals surface area contributed by atoms with E-state index < -0.39 is 0 Å². The fraction of sp³-hybridized carbons (Fsp3) is 0.667. The van der Waals surface area contributed by atoms with Crippen LogP contribution in [0.5, 0.6) is 11.5 Å². The summed E-state index contributed by atoms with van der Waals surface area (Å²) in [4.78, 5) is 4.38. The Bertz CT molecular complexity index is 598. The molecule has 0 aromatic heterocycles. The molecular weight excluding hydrogens is 342 g/mol. The summed E-state index contributed by atoms with van der Waals surface area (Å²) in [5.74, 6) is 2.57. The van der Waals surface area contributed by atoms with Crippen molar-refractivity contribution < 1.29 is 14.2 Å². The average Bonchev–Trinajstić information content (AvgIpc) is 3.18. The maximum absolute atomic E-state index is 5.45. The topological polar surface area (TPSA) is 64.1 Å². The molecule has 6 heteroatoms. The van der Waals surface area contributed by atoms with Crippen LogP contribution >= 0.6 is 0 Å². The Morgan fingerprint density at radius 2 is 1.89 bits per heavy atom. The highest BCUT2D eigenvalue weighted by molar-refractivity contribution is 5.79. The molecule has 1 saturated carbocycles. The summed E-state index contributed by atoms with van der Waals surface area (Å²) in [7, 11) is 6.97. The van der Waals surface area contributed by atoms with Gasteiger partial charge in [0.05, 0.1) is 14.2 Å². The van der Waals surface area contributed by atoms with E-state index in [1.165, 1.54) is 25.7 Å². The molecule has 0 spiro atoms. The van der Waals surface area contributed by atoms with E-state index in [4.69, 9.17) is 14.2 Å². The minimum absolute atomic E-state index is 0.337. The first-order chi connectivity index (χ1) is 13.2. The molecule has 0 saturated heterocycles. The first-order valence-corrected chi connectivity index (χ1v) is 9.81. The van der Waals surface area contributed by atoms with Crippen LogP contribution in [-0.2, 0) is 11.2 Å². The Balaban J connectivity index is 1.85. The van der Waals surface area contributed by atoms with Gasteiger partial charge >= 0.3 is 0 Å². The average molecular weight is 378 g/mol. The fourth-order valence-corrected chi connectivity index (χ4v) is 3.84. The smallest absolute Gasteiger partial charge is 0.191 e. The number of benzene rings is 1. The van der Waals surface area contributed by atoms with E-state index >= 15 is 0 Å². The highest BCUT2D eigenvalue weighted by Crippen LogP contribution is 2.40. The molecule has 1 aliphatic rings. The molecule has 1 fully saturated rings. The van der Waals surface area contributed by atoms with E-state index in [9.17, 15) is 0 Å². The summed E-state index contributed by atoms with van der Waals surface area (Å²) in [5.41, 5.74) is 1.45. The molecule has 1 aromatic rings. The Kier molecular flexibility index (Phi) is 8.72. The highest BCUT2D eigenvalue weighted by Gasteiger charge is 2.33. The van der Waals surface area contributed by atoms with Gasteiger partial charge in [-0.15, -0.1) is 0 Å². The van der Waals surface area contributed by atoms with Crippen molar-refractivity contribution in [2.45, 2.75) is 38.5 Å². The van der Waals surface area contributed by atoms with E-state index in [-0.39, 0.29) is 0 Å². The molecule has 1 aromatic carbocycles. The second kappa shape index (κ2) is 11.0. The number of guanidine groups is 1. The highest BCUT2D eigenvalue weighted by atomic mass is 16.5. The number of nitrogens with one attached hydrogen (secondary N) is 2. The second-order valence-electron chi connectivity index (χ2n) is 7.23. The molecule has 0 atom stereocenters. The largest absolute Gasteiger partial charge is 0.497 e. The molecule has 2 N–H and O–H groups in total. The standard InChI is InChI=1S/C21H35N3O3/c1-22-20(24-16-21(12-14-25-2)10-5-6-11-21)23-13-9-17-15-18(26-3)7-8-19(17)27-4/h7-8,15H,5-6,9-14,16H2,1-4H3,(H2,22,23,24). The van der Waals surface area contributed by atoms with E-state index in [1.807, 2.05) is 25.2 Å². The number of ether oxygens (including phenoxy) is 3. The predicted octanol–water partition coefficient (Wildman–Crippen LogP) is 3.01. The molecule has 2 rings (SSSR count). The maximum Gasteiger partial charge on any atom is 0.191 e. The zero-order valence-corrected chi connectivity index (χ0v) is 17.3. The normalized spacial score (nSPS) is 16.2. The molecule has 152 valence electrons. The Labute approximate surface area is 163 Å². The second-order valence-corrected chi connectivity index (χ2v) is 7.23. The molecule has 0 heterocycles. The van der Waals surface area contributed by atoms with Gasteiger partial charge in [0.15, 0.2) is 5.96 Å². The van der Waals surface area contributed by atoms with Crippen molar-refractivity contribution in [1.29, 1.82) is 0 Å². The van der Waals surface area contributed by atoms with Gasteiger partial charge in [-0.2, -0.15) is 0 Å². The third kappa shape index (κ3) is 6.31. The van der Waals surface area contributed by atoms with Crippen molar-refractivity contribution >= 4 is 5.96 Å². The first-order valence-electron chi connectivity index (χ1n) is 9.81. The van der Waals surface area contributed by atoms with E-state index in [0.29, 0.717) is 5.41 Å².